The zero-order valence-electron chi connectivity index (χ0n) is 26.4. The molecule has 0 N–H and O–H groups in total. The molecule has 0 amide bonds. The number of aromatic nitrogens is 2. The molecule has 0 spiro atoms. The van der Waals surface area contributed by atoms with E-state index in [0.717, 1.165) is 22.5 Å². The molecule has 3 atom stereocenters. The predicted octanol–water partition coefficient (Wildman–Crippen LogP) is 10.3. The van der Waals surface area contributed by atoms with Crippen molar-refractivity contribution in [3.05, 3.63) is 148 Å². The number of halogens is 2. The number of nitrogens with zero attached hydrogens (tertiary/aromatic N) is 2. The summed E-state index contributed by atoms with van der Waals surface area (Å²) in [6, 6.07) is 32.1. The van der Waals surface area contributed by atoms with E-state index in [9.17, 15) is 0 Å². The molecule has 5 aromatic rings. The first-order valence-electron chi connectivity index (χ1n) is 15.7. The number of hydrogen-bond acceptors (Lipinski definition) is 2. The summed E-state index contributed by atoms with van der Waals surface area (Å²) in [7, 11) is 17.6. The maximum absolute atomic E-state index is 8.80. The van der Waals surface area contributed by atoms with Crippen molar-refractivity contribution < 1.29 is 15.6 Å². The van der Waals surface area contributed by atoms with E-state index in [2.05, 4.69) is 125 Å². The van der Waals surface area contributed by atoms with E-state index >= 15 is 0 Å². The summed E-state index contributed by atoms with van der Waals surface area (Å²) < 4.78 is -0.0416. The number of benzene rings is 3. The molecule has 0 saturated heterocycles. The first kappa shape index (κ1) is 30.8. The molecule has 225 valence electrons. The van der Waals surface area contributed by atoms with Crippen LogP contribution in [0.25, 0.3) is 34.7 Å². The molecule has 3 aromatic carbocycles. The van der Waals surface area contributed by atoms with Crippen LogP contribution < -0.4 is 5.19 Å². The van der Waals surface area contributed by atoms with Crippen molar-refractivity contribution in [2.45, 2.75) is 41.5 Å². The third kappa shape index (κ3) is 4.75. The molecule has 7 rings (SSSR count). The molecule has 45 heavy (non-hydrogen) atoms. The number of fused-ring (bicyclic) bond motifs is 2. The van der Waals surface area contributed by atoms with Gasteiger partial charge >= 0.3 is 278 Å². The molecular weight excluding hydrogens is 687 g/mol. The summed E-state index contributed by atoms with van der Waals surface area (Å²) >= 11 is -5.11. The Hall–Kier alpha value is -2.88. The van der Waals surface area contributed by atoms with Gasteiger partial charge in [0.2, 0.25) is 0 Å². The Kier molecular flexibility index (Phi) is 7.81. The molecule has 2 aliphatic rings. The molecule has 0 bridgehead atoms. The van der Waals surface area contributed by atoms with Crippen molar-refractivity contribution in [2.75, 3.05) is 0 Å². The second-order valence-electron chi connectivity index (χ2n) is 12.9. The van der Waals surface area contributed by atoms with Crippen molar-refractivity contribution >= 4 is 40.3 Å². The molecular formula is C39H37Cl2N2SiZr. The molecule has 2 aromatic heterocycles. The van der Waals surface area contributed by atoms with Gasteiger partial charge in [0.15, 0.2) is 0 Å². The monoisotopic (exact) mass is 721 g/mol. The normalized spacial score (nSPS) is 18.8. The SMILES string of the molecule is CC1=Cc2c(-c3ccccn3)ccc(C)c2[CH]1[Zr]([Cl])([Cl])([CH]1C(C)=Cc2c(-c3ccccn3)ccc(C)c21)[SiH](C)c1ccccc1. The minimum absolute atomic E-state index is 0.0208. The Morgan fingerprint density at radius 1 is 0.578 bits per heavy atom. The standard InChI is InChI=1S/2C16H14N.C7H9Si.2ClH.Zr/c2*1-11-9-14-12(2)6-7-13(15(14)10-11)16-5-3-4-8-17-16;1-8-7-5-3-2-4-6-7;;;/h2*3-10H,1-2H3;2-6,8H,1H3;2*1H;/q;;;;;+2/p-2. The van der Waals surface area contributed by atoms with Crippen molar-refractivity contribution in [1.29, 1.82) is 0 Å². The van der Waals surface area contributed by atoms with Crippen LogP contribution in [0.15, 0.2) is 115 Å². The first-order valence-corrected chi connectivity index (χ1v) is 31.4. The number of rotatable bonds is 6. The van der Waals surface area contributed by atoms with Gasteiger partial charge in [0.25, 0.3) is 0 Å². The first-order chi connectivity index (χ1) is 21.6. The van der Waals surface area contributed by atoms with Crippen molar-refractivity contribution in [2.24, 2.45) is 0 Å². The van der Waals surface area contributed by atoms with Crippen molar-refractivity contribution in [3.8, 4) is 22.5 Å². The Bertz CT molecular complexity index is 1890. The molecule has 0 radical (unpaired) electrons. The van der Waals surface area contributed by atoms with E-state index in [1.807, 2.05) is 24.5 Å². The van der Waals surface area contributed by atoms with Gasteiger partial charge in [-0.15, -0.1) is 0 Å². The quantitative estimate of drug-likeness (QED) is 0.163. The number of hydrogen-bond donors (Lipinski definition) is 0. The van der Waals surface area contributed by atoms with E-state index in [4.69, 9.17) is 27.0 Å². The van der Waals surface area contributed by atoms with Gasteiger partial charge < -0.3 is 0 Å². The molecule has 6 heteroatoms. The zero-order valence-corrected chi connectivity index (χ0v) is 31.5. The van der Waals surface area contributed by atoms with Crippen molar-refractivity contribution in [1.82, 2.24) is 9.97 Å². The van der Waals surface area contributed by atoms with Crippen LogP contribution in [0.3, 0.4) is 0 Å². The number of allylic oxidation sites excluding steroid dienone is 2. The topological polar surface area (TPSA) is 25.8 Å². The van der Waals surface area contributed by atoms with Crippen LogP contribution in [0.2, 0.25) is 6.55 Å². The minimum atomic E-state index is -5.11. The van der Waals surface area contributed by atoms with E-state index < -0.39 is 21.5 Å². The number of aryl methyl sites for hydroxylation is 2. The van der Waals surface area contributed by atoms with Crippen molar-refractivity contribution in [3.63, 3.8) is 0 Å². The van der Waals surface area contributed by atoms with Gasteiger partial charge in [-0.25, -0.2) is 0 Å². The van der Waals surface area contributed by atoms with Gasteiger partial charge in [0.05, 0.1) is 0 Å². The van der Waals surface area contributed by atoms with E-state index in [1.54, 1.807) is 0 Å². The summed E-state index contributed by atoms with van der Waals surface area (Å²) in [5, 5.41) is 1.34. The van der Waals surface area contributed by atoms with Gasteiger partial charge in [-0.05, 0) is 0 Å². The fourth-order valence-corrected chi connectivity index (χ4v) is 50.5. The summed E-state index contributed by atoms with van der Waals surface area (Å²) in [5.74, 6) is -2.00. The fraction of sp³-hybridized carbons (Fsp3) is 0.179. The Morgan fingerprint density at radius 3 is 1.44 bits per heavy atom. The summed E-state index contributed by atoms with van der Waals surface area (Å²) in [6.07, 6.45) is 8.48. The fourth-order valence-electron chi connectivity index (χ4n) is 8.28. The van der Waals surface area contributed by atoms with Crippen LogP contribution in [-0.4, -0.2) is 15.9 Å². The van der Waals surface area contributed by atoms with Crippen LogP contribution in [0.4, 0.5) is 0 Å². The Morgan fingerprint density at radius 2 is 1.02 bits per heavy atom. The third-order valence-corrected chi connectivity index (χ3v) is 57.9. The van der Waals surface area contributed by atoms with E-state index in [1.165, 1.54) is 49.7 Å². The van der Waals surface area contributed by atoms with Gasteiger partial charge in [-0.2, -0.15) is 0 Å². The molecule has 0 fully saturated rings. The Labute approximate surface area is 275 Å². The van der Waals surface area contributed by atoms with Crippen LogP contribution in [0.1, 0.15) is 54.5 Å². The maximum atomic E-state index is 8.80. The molecule has 2 nitrogen and oxygen atoms in total. The van der Waals surface area contributed by atoms with Gasteiger partial charge in [-0.1, -0.05) is 0 Å². The van der Waals surface area contributed by atoms with Gasteiger partial charge in [0, 0.05) is 0 Å². The molecule has 0 aliphatic heterocycles. The van der Waals surface area contributed by atoms with Crippen LogP contribution in [-0.2, 0) is 15.6 Å². The molecule has 3 unspecified atom stereocenters. The average molecular weight is 724 g/mol. The van der Waals surface area contributed by atoms with E-state index in [0.29, 0.717) is 0 Å². The third-order valence-electron chi connectivity index (χ3n) is 10.4. The average Bonchev–Trinajstić information content (AvgIpc) is 3.61. The molecule has 2 aliphatic carbocycles. The summed E-state index contributed by atoms with van der Waals surface area (Å²) in [4.78, 5) is 9.51. The van der Waals surface area contributed by atoms with Gasteiger partial charge in [-0.3, -0.25) is 0 Å². The van der Waals surface area contributed by atoms with Crippen LogP contribution >= 0.6 is 17.0 Å². The van der Waals surface area contributed by atoms with E-state index in [-0.39, 0.29) is 7.25 Å². The van der Waals surface area contributed by atoms with Crippen LogP contribution in [0.5, 0.6) is 0 Å². The van der Waals surface area contributed by atoms with Crippen LogP contribution in [0, 0.1) is 13.8 Å². The van der Waals surface area contributed by atoms with Gasteiger partial charge in [0.1, 0.15) is 0 Å². The summed E-state index contributed by atoms with van der Waals surface area (Å²) in [6.45, 7) is 11.4. The number of pyridine rings is 2. The molecule has 2 heterocycles. The zero-order chi connectivity index (χ0) is 31.5. The second kappa shape index (κ2) is 11.4. The Balaban J connectivity index is 1.53. The molecule has 0 saturated carbocycles. The predicted molar refractivity (Wildman–Crippen MR) is 192 cm³/mol. The second-order valence-corrected chi connectivity index (χ2v) is 53.1. The summed E-state index contributed by atoms with van der Waals surface area (Å²) in [5.41, 5.74) is 14.4.